The Morgan fingerprint density at radius 1 is 1.21 bits per heavy atom. The molecule has 0 bridgehead atoms. The predicted molar refractivity (Wildman–Crippen MR) is 103 cm³/mol. The summed E-state index contributed by atoms with van der Waals surface area (Å²) in [4.78, 5) is 35.6. The van der Waals surface area contributed by atoms with E-state index in [1.54, 1.807) is 0 Å². The van der Waals surface area contributed by atoms with Crippen LogP contribution in [-0.4, -0.2) is 46.3 Å². The second-order valence-corrected chi connectivity index (χ2v) is 8.16. The van der Waals surface area contributed by atoms with Gasteiger partial charge >= 0.3 is 5.97 Å². The third-order valence-electron chi connectivity index (χ3n) is 3.99. The minimum Gasteiger partial charge on any atom is -0.482 e. The van der Waals surface area contributed by atoms with Crippen molar-refractivity contribution < 1.29 is 32.3 Å². The van der Waals surface area contributed by atoms with Crippen molar-refractivity contribution in [1.82, 2.24) is 4.72 Å². The summed E-state index contributed by atoms with van der Waals surface area (Å²) in [5.74, 6) is -1.32. The molecule has 1 heterocycles. The molecule has 0 aliphatic carbocycles. The number of anilines is 1. The van der Waals surface area contributed by atoms with Crippen LogP contribution in [0.4, 0.5) is 5.69 Å². The Morgan fingerprint density at radius 3 is 2.66 bits per heavy atom. The smallest absolute Gasteiger partial charge is 0.338 e. The summed E-state index contributed by atoms with van der Waals surface area (Å²) < 4.78 is 36.2. The topological polar surface area (TPSA) is 128 Å². The van der Waals surface area contributed by atoms with Crippen LogP contribution in [0.3, 0.4) is 0 Å². The highest BCUT2D eigenvalue weighted by molar-refractivity contribution is 7.89. The second kappa shape index (κ2) is 8.19. The van der Waals surface area contributed by atoms with Crippen LogP contribution in [0, 0.1) is 0 Å². The Labute approximate surface area is 171 Å². The molecule has 11 heteroatoms. The van der Waals surface area contributed by atoms with Crippen molar-refractivity contribution in [1.29, 1.82) is 0 Å². The van der Waals surface area contributed by atoms with E-state index in [4.69, 9.17) is 21.1 Å². The van der Waals surface area contributed by atoms with Crippen LogP contribution in [0.5, 0.6) is 5.75 Å². The molecule has 1 aliphatic heterocycles. The maximum atomic E-state index is 12.3. The molecule has 0 atom stereocenters. The fourth-order valence-corrected chi connectivity index (χ4v) is 3.75. The Balaban J connectivity index is 1.71. The molecule has 0 fully saturated rings. The fourth-order valence-electron chi connectivity index (χ4n) is 2.50. The van der Waals surface area contributed by atoms with E-state index in [2.05, 4.69) is 10.0 Å². The number of rotatable bonds is 6. The summed E-state index contributed by atoms with van der Waals surface area (Å²) in [6, 6.07) is 8.02. The highest BCUT2D eigenvalue weighted by atomic mass is 35.5. The molecule has 0 radical (unpaired) electrons. The van der Waals surface area contributed by atoms with Crippen LogP contribution in [-0.2, 0) is 19.6 Å². The quantitative estimate of drug-likeness (QED) is 0.518. The Bertz CT molecular complexity index is 1120. The molecule has 0 unspecified atom stereocenters. The lowest BCUT2D eigenvalue weighted by Gasteiger charge is -2.18. The van der Waals surface area contributed by atoms with Crippen molar-refractivity contribution >= 4 is 45.0 Å². The van der Waals surface area contributed by atoms with Crippen LogP contribution in [0.15, 0.2) is 41.3 Å². The number of nitrogens with one attached hydrogen (secondary N) is 2. The molecule has 0 aromatic heterocycles. The number of hydrogen-bond acceptors (Lipinski definition) is 7. The van der Waals surface area contributed by atoms with E-state index in [0.29, 0.717) is 11.4 Å². The van der Waals surface area contributed by atoms with Gasteiger partial charge in [0.15, 0.2) is 19.0 Å². The van der Waals surface area contributed by atoms with Gasteiger partial charge < -0.3 is 14.8 Å². The standard InChI is InChI=1S/C18H15ClN2O7S/c1-20-29(25,26)16-7-11(2-4-12(16)19)18(24)28-8-14(22)10-3-5-15-13(6-10)21-17(23)9-27-15/h2-7,20H,8-9H2,1H3,(H,21,23). The van der Waals surface area contributed by atoms with E-state index in [1.165, 1.54) is 37.4 Å². The number of ketones is 1. The molecule has 0 spiro atoms. The van der Waals surface area contributed by atoms with Gasteiger partial charge in [-0.1, -0.05) is 11.6 Å². The minimum atomic E-state index is -3.88. The SMILES string of the molecule is CNS(=O)(=O)c1cc(C(=O)OCC(=O)c2ccc3c(c2)NC(=O)CO3)ccc1Cl. The number of esters is 1. The summed E-state index contributed by atoms with van der Waals surface area (Å²) in [7, 11) is -2.67. The van der Waals surface area contributed by atoms with Crippen molar-refractivity contribution in [3.8, 4) is 5.75 Å². The van der Waals surface area contributed by atoms with Crippen LogP contribution >= 0.6 is 11.6 Å². The van der Waals surface area contributed by atoms with E-state index >= 15 is 0 Å². The fraction of sp³-hybridized carbons (Fsp3) is 0.167. The lowest BCUT2D eigenvalue weighted by Crippen LogP contribution is -2.25. The van der Waals surface area contributed by atoms with Gasteiger partial charge in [-0.25, -0.2) is 17.9 Å². The molecule has 0 saturated heterocycles. The number of amides is 1. The molecule has 1 amide bonds. The average Bonchev–Trinajstić information content (AvgIpc) is 2.71. The van der Waals surface area contributed by atoms with E-state index < -0.39 is 28.4 Å². The molecule has 2 aromatic rings. The Kier molecular flexibility index (Phi) is 5.87. The highest BCUT2D eigenvalue weighted by Crippen LogP contribution is 2.28. The van der Waals surface area contributed by atoms with Crippen molar-refractivity contribution in [3.05, 3.63) is 52.5 Å². The van der Waals surface area contributed by atoms with Crippen molar-refractivity contribution in [3.63, 3.8) is 0 Å². The molecular weight excluding hydrogens is 424 g/mol. The van der Waals surface area contributed by atoms with Gasteiger partial charge in [0.05, 0.1) is 16.3 Å². The van der Waals surface area contributed by atoms with Crippen LogP contribution < -0.4 is 14.8 Å². The molecule has 0 saturated carbocycles. The summed E-state index contributed by atoms with van der Waals surface area (Å²) in [6.07, 6.45) is 0. The largest absolute Gasteiger partial charge is 0.482 e. The molecule has 152 valence electrons. The van der Waals surface area contributed by atoms with Crippen molar-refractivity contribution in [2.75, 3.05) is 25.6 Å². The first-order valence-corrected chi connectivity index (χ1v) is 10.1. The van der Waals surface area contributed by atoms with Crippen molar-refractivity contribution in [2.24, 2.45) is 0 Å². The van der Waals surface area contributed by atoms with Gasteiger partial charge in [-0.05, 0) is 43.4 Å². The van der Waals surface area contributed by atoms with E-state index in [-0.39, 0.29) is 33.6 Å². The summed E-state index contributed by atoms with van der Waals surface area (Å²) >= 11 is 5.87. The van der Waals surface area contributed by atoms with E-state index in [9.17, 15) is 22.8 Å². The molecule has 9 nitrogen and oxygen atoms in total. The number of fused-ring (bicyclic) bond motifs is 1. The number of hydrogen-bond donors (Lipinski definition) is 2. The number of benzene rings is 2. The number of Topliss-reactive ketones (excluding diaryl/α,β-unsaturated/α-hetero) is 1. The maximum absolute atomic E-state index is 12.3. The second-order valence-electron chi connectivity index (χ2n) is 5.90. The maximum Gasteiger partial charge on any atom is 0.338 e. The zero-order valence-electron chi connectivity index (χ0n) is 15.0. The molecule has 2 N–H and O–H groups in total. The van der Waals surface area contributed by atoms with Gasteiger partial charge in [0, 0.05) is 5.56 Å². The summed E-state index contributed by atoms with van der Waals surface area (Å²) in [6.45, 7) is -0.687. The number of halogens is 1. The number of sulfonamides is 1. The molecule has 29 heavy (non-hydrogen) atoms. The van der Waals surface area contributed by atoms with Gasteiger partial charge in [0.2, 0.25) is 10.0 Å². The summed E-state index contributed by atoms with van der Waals surface area (Å²) in [5, 5.41) is 2.51. The van der Waals surface area contributed by atoms with Crippen LogP contribution in [0.2, 0.25) is 5.02 Å². The average molecular weight is 439 g/mol. The molecule has 2 aromatic carbocycles. The van der Waals surface area contributed by atoms with Crippen LogP contribution in [0.1, 0.15) is 20.7 Å². The van der Waals surface area contributed by atoms with E-state index in [1.807, 2.05) is 0 Å². The lowest BCUT2D eigenvalue weighted by atomic mass is 10.1. The summed E-state index contributed by atoms with van der Waals surface area (Å²) in [5.41, 5.74) is 0.470. The Hall–Kier alpha value is -2.95. The zero-order chi connectivity index (χ0) is 21.2. The van der Waals surface area contributed by atoms with E-state index in [0.717, 1.165) is 6.07 Å². The van der Waals surface area contributed by atoms with Gasteiger partial charge in [-0.3, -0.25) is 9.59 Å². The molecule has 1 aliphatic rings. The lowest BCUT2D eigenvalue weighted by molar-refractivity contribution is -0.118. The first kappa shape index (κ1) is 20.8. The molecule has 3 rings (SSSR count). The first-order chi connectivity index (χ1) is 13.7. The number of carbonyl (C=O) groups is 3. The predicted octanol–water partition coefficient (Wildman–Crippen LogP) is 1.62. The van der Waals surface area contributed by atoms with Gasteiger partial charge in [0.1, 0.15) is 10.6 Å². The third kappa shape index (κ3) is 4.56. The highest BCUT2D eigenvalue weighted by Gasteiger charge is 2.21. The third-order valence-corrected chi connectivity index (χ3v) is 5.89. The van der Waals surface area contributed by atoms with Gasteiger partial charge in [-0.2, -0.15) is 0 Å². The number of carbonyl (C=O) groups excluding carboxylic acids is 3. The molecular formula is C18H15ClN2O7S. The van der Waals surface area contributed by atoms with Crippen molar-refractivity contribution in [2.45, 2.75) is 4.90 Å². The first-order valence-electron chi connectivity index (χ1n) is 8.21. The zero-order valence-corrected chi connectivity index (χ0v) is 16.6. The number of ether oxygens (including phenoxy) is 2. The normalized spacial score (nSPS) is 13.1. The van der Waals surface area contributed by atoms with Crippen LogP contribution in [0.25, 0.3) is 0 Å². The monoisotopic (exact) mass is 438 g/mol. The van der Waals surface area contributed by atoms with Gasteiger partial charge in [-0.15, -0.1) is 0 Å². The Morgan fingerprint density at radius 2 is 1.93 bits per heavy atom. The minimum absolute atomic E-state index is 0.0645. The van der Waals surface area contributed by atoms with Gasteiger partial charge in [0.25, 0.3) is 5.91 Å².